The van der Waals surface area contributed by atoms with Gasteiger partial charge in [-0.05, 0) is 24.7 Å². The first-order valence-corrected chi connectivity index (χ1v) is 5.13. The lowest BCUT2D eigenvalue weighted by molar-refractivity contribution is 0.0988. The highest BCUT2D eigenvalue weighted by Crippen LogP contribution is 2.22. The summed E-state index contributed by atoms with van der Waals surface area (Å²) < 4.78 is 18.9. The van der Waals surface area contributed by atoms with Crippen molar-refractivity contribution in [3.8, 4) is 0 Å². The van der Waals surface area contributed by atoms with E-state index in [9.17, 15) is 9.18 Å². The number of hydrogen-bond donors (Lipinski definition) is 1. The van der Waals surface area contributed by atoms with E-state index in [4.69, 9.17) is 4.42 Å². The minimum atomic E-state index is -0.505. The highest BCUT2D eigenvalue weighted by Gasteiger charge is 2.14. The molecule has 0 aliphatic rings. The average molecular weight is 221 g/mol. The molecule has 1 aromatic carbocycles. The molecule has 0 bridgehead atoms. The maximum Gasteiger partial charge on any atom is 0.179 e. The third-order valence-electron chi connectivity index (χ3n) is 2.41. The Morgan fingerprint density at radius 3 is 3.00 bits per heavy atom. The fourth-order valence-electron chi connectivity index (χ4n) is 1.56. The second kappa shape index (κ2) is 4.45. The maximum atomic E-state index is 13.9. The van der Waals surface area contributed by atoms with Gasteiger partial charge in [-0.3, -0.25) is 4.79 Å². The first-order valence-electron chi connectivity index (χ1n) is 5.13. The van der Waals surface area contributed by atoms with Crippen LogP contribution in [0.2, 0.25) is 0 Å². The van der Waals surface area contributed by atoms with Crippen LogP contribution in [0.1, 0.15) is 17.3 Å². The van der Waals surface area contributed by atoms with E-state index in [1.54, 1.807) is 6.07 Å². The fourth-order valence-corrected chi connectivity index (χ4v) is 1.56. The van der Waals surface area contributed by atoms with Crippen molar-refractivity contribution < 1.29 is 13.6 Å². The Morgan fingerprint density at radius 1 is 1.44 bits per heavy atom. The Hall–Kier alpha value is -1.68. The van der Waals surface area contributed by atoms with Crippen molar-refractivity contribution in [3.05, 3.63) is 35.8 Å². The van der Waals surface area contributed by atoms with Gasteiger partial charge in [0, 0.05) is 0 Å². The number of likely N-dealkylation sites (N-methyl/N-ethyl adjacent to an activating group) is 1. The van der Waals surface area contributed by atoms with E-state index in [0.717, 1.165) is 0 Å². The third kappa shape index (κ3) is 1.84. The lowest BCUT2D eigenvalue weighted by Crippen LogP contribution is -2.23. The van der Waals surface area contributed by atoms with E-state index >= 15 is 0 Å². The monoisotopic (exact) mass is 221 g/mol. The van der Waals surface area contributed by atoms with Crippen LogP contribution in [-0.4, -0.2) is 18.9 Å². The van der Waals surface area contributed by atoms with Crippen LogP contribution in [0.15, 0.2) is 28.9 Å². The molecule has 0 amide bonds. The summed E-state index contributed by atoms with van der Waals surface area (Å²) in [5, 5.41) is 3.23. The van der Waals surface area contributed by atoms with Crippen LogP contribution >= 0.6 is 0 Å². The molecule has 0 saturated heterocycles. The van der Waals surface area contributed by atoms with Crippen LogP contribution in [0.25, 0.3) is 11.0 Å². The second-order valence-corrected chi connectivity index (χ2v) is 3.46. The molecular formula is C12H12FNO2. The molecular weight excluding hydrogens is 209 g/mol. The van der Waals surface area contributed by atoms with Crippen molar-refractivity contribution in [2.45, 2.75) is 6.92 Å². The van der Waals surface area contributed by atoms with Gasteiger partial charge in [0.05, 0.1) is 23.8 Å². The van der Waals surface area contributed by atoms with Crippen LogP contribution < -0.4 is 5.32 Å². The van der Waals surface area contributed by atoms with E-state index in [0.29, 0.717) is 17.5 Å². The Morgan fingerprint density at radius 2 is 2.25 bits per heavy atom. The van der Waals surface area contributed by atoms with Crippen molar-refractivity contribution in [2.75, 3.05) is 13.1 Å². The average Bonchev–Trinajstić information content (AvgIpc) is 2.75. The number of hydrogen-bond acceptors (Lipinski definition) is 3. The topological polar surface area (TPSA) is 42.2 Å². The van der Waals surface area contributed by atoms with E-state index in [1.807, 2.05) is 6.92 Å². The number of fused-ring (bicyclic) bond motifs is 1. The Balaban J connectivity index is 2.37. The summed E-state index contributed by atoms with van der Waals surface area (Å²) in [5.74, 6) is -0.753. The molecule has 16 heavy (non-hydrogen) atoms. The zero-order valence-electron chi connectivity index (χ0n) is 8.92. The predicted molar refractivity (Wildman–Crippen MR) is 59.0 cm³/mol. The minimum absolute atomic E-state index is 0.106. The molecule has 0 atom stereocenters. The van der Waals surface area contributed by atoms with Gasteiger partial charge in [0.15, 0.2) is 5.78 Å². The molecule has 1 aromatic heterocycles. The summed E-state index contributed by atoms with van der Waals surface area (Å²) >= 11 is 0. The van der Waals surface area contributed by atoms with Gasteiger partial charge >= 0.3 is 0 Å². The molecule has 0 unspecified atom stereocenters. The standard InChI is InChI=1S/C12H12FNO2/c1-2-14-7-10(15)8-3-4-11-9(12(8)13)5-6-16-11/h3-6,14H,2,7H2,1H3. The molecule has 0 fully saturated rings. The van der Waals surface area contributed by atoms with Crippen LogP contribution in [0.5, 0.6) is 0 Å². The molecule has 84 valence electrons. The fraction of sp³-hybridized carbons (Fsp3) is 0.250. The Kier molecular flexibility index (Phi) is 3.01. The molecule has 3 nitrogen and oxygen atoms in total. The second-order valence-electron chi connectivity index (χ2n) is 3.46. The molecule has 2 rings (SSSR count). The number of rotatable bonds is 4. The summed E-state index contributed by atoms with van der Waals surface area (Å²) in [6.45, 7) is 2.72. The van der Waals surface area contributed by atoms with Crippen molar-refractivity contribution >= 4 is 16.8 Å². The highest BCUT2D eigenvalue weighted by atomic mass is 19.1. The molecule has 0 spiro atoms. The number of carbonyl (C=O) groups excluding carboxylic acids is 1. The molecule has 4 heteroatoms. The largest absolute Gasteiger partial charge is 0.464 e. The van der Waals surface area contributed by atoms with Gasteiger partial charge in [0.1, 0.15) is 11.4 Å². The van der Waals surface area contributed by atoms with Crippen LogP contribution in [-0.2, 0) is 0 Å². The summed E-state index contributed by atoms with van der Waals surface area (Å²) in [5.41, 5.74) is 0.562. The lowest BCUT2D eigenvalue weighted by Gasteiger charge is -2.03. The highest BCUT2D eigenvalue weighted by molar-refractivity contribution is 6.00. The number of Topliss-reactive ketones (excluding diaryl/α,β-unsaturated/α-hetero) is 1. The Labute approximate surface area is 92.2 Å². The third-order valence-corrected chi connectivity index (χ3v) is 2.41. The van der Waals surface area contributed by atoms with E-state index < -0.39 is 5.82 Å². The molecule has 0 radical (unpaired) electrons. The van der Waals surface area contributed by atoms with Gasteiger partial charge in [-0.1, -0.05) is 6.92 Å². The van der Waals surface area contributed by atoms with Gasteiger partial charge in [0.25, 0.3) is 0 Å². The van der Waals surface area contributed by atoms with Crippen LogP contribution in [0.3, 0.4) is 0 Å². The summed E-state index contributed by atoms with van der Waals surface area (Å²) in [6.07, 6.45) is 1.41. The first-order chi connectivity index (χ1) is 7.74. The van der Waals surface area contributed by atoms with Crippen molar-refractivity contribution in [1.82, 2.24) is 5.32 Å². The molecule has 1 heterocycles. The van der Waals surface area contributed by atoms with Gasteiger partial charge in [-0.25, -0.2) is 4.39 Å². The van der Waals surface area contributed by atoms with Crippen LogP contribution in [0.4, 0.5) is 4.39 Å². The first kappa shape index (κ1) is 10.8. The van der Waals surface area contributed by atoms with Crippen molar-refractivity contribution in [3.63, 3.8) is 0 Å². The number of furan rings is 1. The number of halogens is 1. The molecule has 1 N–H and O–H groups in total. The van der Waals surface area contributed by atoms with Gasteiger partial charge in [0.2, 0.25) is 0 Å². The van der Waals surface area contributed by atoms with E-state index in [1.165, 1.54) is 18.4 Å². The van der Waals surface area contributed by atoms with E-state index in [2.05, 4.69) is 5.32 Å². The van der Waals surface area contributed by atoms with Crippen LogP contribution in [0, 0.1) is 5.82 Å². The number of ketones is 1. The van der Waals surface area contributed by atoms with Crippen molar-refractivity contribution in [1.29, 1.82) is 0 Å². The maximum absolute atomic E-state index is 13.9. The van der Waals surface area contributed by atoms with E-state index in [-0.39, 0.29) is 17.9 Å². The summed E-state index contributed by atoms with van der Waals surface area (Å²) in [7, 11) is 0. The minimum Gasteiger partial charge on any atom is -0.464 e. The normalized spacial score (nSPS) is 10.9. The summed E-state index contributed by atoms with van der Waals surface area (Å²) in [4.78, 5) is 11.7. The van der Waals surface area contributed by atoms with Gasteiger partial charge in [-0.2, -0.15) is 0 Å². The molecule has 0 aliphatic carbocycles. The quantitative estimate of drug-likeness (QED) is 0.806. The number of carbonyl (C=O) groups is 1. The van der Waals surface area contributed by atoms with Crippen molar-refractivity contribution in [2.24, 2.45) is 0 Å². The number of nitrogens with one attached hydrogen (secondary N) is 1. The summed E-state index contributed by atoms with van der Waals surface area (Å²) in [6, 6.07) is 4.59. The smallest absolute Gasteiger partial charge is 0.179 e. The SMILES string of the molecule is CCNCC(=O)c1ccc2occc2c1F. The van der Waals surface area contributed by atoms with Gasteiger partial charge < -0.3 is 9.73 Å². The molecule has 2 aromatic rings. The van der Waals surface area contributed by atoms with Gasteiger partial charge in [-0.15, -0.1) is 0 Å². The predicted octanol–water partition coefficient (Wildman–Crippen LogP) is 2.36. The lowest BCUT2D eigenvalue weighted by atomic mass is 10.1. The Bertz CT molecular complexity index is 519. The molecule has 0 aliphatic heterocycles. The zero-order valence-corrected chi connectivity index (χ0v) is 8.92. The molecule has 0 saturated carbocycles. The number of benzene rings is 1. The zero-order chi connectivity index (χ0) is 11.5.